The summed E-state index contributed by atoms with van der Waals surface area (Å²) >= 11 is 0. The molecule has 1 N–H and O–H groups in total. The fraction of sp³-hybridized carbons (Fsp3) is 0.929. The molecule has 98 valence electrons. The molecule has 0 radical (unpaired) electrons. The molecule has 2 fully saturated rings. The van der Waals surface area contributed by atoms with Gasteiger partial charge in [-0.1, -0.05) is 19.3 Å². The van der Waals surface area contributed by atoms with Crippen molar-refractivity contribution in [2.24, 2.45) is 5.92 Å². The maximum Gasteiger partial charge on any atom is 0.222 e. The van der Waals surface area contributed by atoms with Crippen LogP contribution >= 0.6 is 0 Å². The van der Waals surface area contributed by atoms with Gasteiger partial charge in [0.25, 0.3) is 0 Å². The van der Waals surface area contributed by atoms with Crippen molar-refractivity contribution in [1.82, 2.24) is 10.2 Å². The van der Waals surface area contributed by atoms with Crippen molar-refractivity contribution in [2.45, 2.75) is 57.4 Å². The molecular weight excluding hydrogens is 212 g/mol. The van der Waals surface area contributed by atoms with E-state index in [0.29, 0.717) is 17.9 Å². The van der Waals surface area contributed by atoms with Gasteiger partial charge in [-0.15, -0.1) is 0 Å². The Hall–Kier alpha value is -0.570. The van der Waals surface area contributed by atoms with Gasteiger partial charge < -0.3 is 10.2 Å². The Morgan fingerprint density at radius 3 is 2.41 bits per heavy atom. The van der Waals surface area contributed by atoms with Crippen molar-refractivity contribution >= 4 is 5.91 Å². The first-order chi connectivity index (χ1) is 8.27. The topological polar surface area (TPSA) is 32.3 Å². The van der Waals surface area contributed by atoms with Crippen LogP contribution in [0, 0.1) is 5.92 Å². The van der Waals surface area contributed by atoms with Gasteiger partial charge in [-0.3, -0.25) is 4.79 Å². The molecule has 3 nitrogen and oxygen atoms in total. The zero-order valence-electron chi connectivity index (χ0n) is 11.1. The van der Waals surface area contributed by atoms with Crippen LogP contribution in [0.2, 0.25) is 0 Å². The van der Waals surface area contributed by atoms with Gasteiger partial charge in [0.1, 0.15) is 0 Å². The molecule has 0 aromatic rings. The molecule has 0 bridgehead atoms. The van der Waals surface area contributed by atoms with Gasteiger partial charge in [0.2, 0.25) is 5.91 Å². The molecule has 0 atom stereocenters. The zero-order valence-corrected chi connectivity index (χ0v) is 11.1. The van der Waals surface area contributed by atoms with Crippen molar-refractivity contribution in [3.63, 3.8) is 0 Å². The molecule has 1 saturated heterocycles. The standard InChI is InChI=1S/C14H26N2O/c1-16(13-5-3-2-4-6-13)14(17)11-12-7-9-15-10-8-12/h12-13,15H,2-11H2,1H3. The minimum absolute atomic E-state index is 0.379. The molecule has 1 saturated carbocycles. The summed E-state index contributed by atoms with van der Waals surface area (Å²) in [6.07, 6.45) is 9.50. The van der Waals surface area contributed by atoms with Crippen LogP contribution in [0.1, 0.15) is 51.4 Å². The Morgan fingerprint density at radius 1 is 1.12 bits per heavy atom. The highest BCUT2D eigenvalue weighted by Gasteiger charge is 2.24. The summed E-state index contributed by atoms with van der Waals surface area (Å²) in [5, 5.41) is 3.36. The minimum atomic E-state index is 0.379. The Balaban J connectivity index is 1.77. The first-order valence-corrected chi connectivity index (χ1v) is 7.24. The SMILES string of the molecule is CN(C(=O)CC1CCNCC1)C1CCCCC1. The van der Waals surface area contributed by atoms with Crippen molar-refractivity contribution in [3.05, 3.63) is 0 Å². The number of hydrogen-bond acceptors (Lipinski definition) is 2. The lowest BCUT2D eigenvalue weighted by Crippen LogP contribution is -2.40. The maximum atomic E-state index is 12.2. The third-order valence-electron chi connectivity index (χ3n) is 4.44. The van der Waals surface area contributed by atoms with Crippen molar-refractivity contribution in [3.8, 4) is 0 Å². The molecule has 1 aliphatic heterocycles. The van der Waals surface area contributed by atoms with Crippen LogP contribution in [0.4, 0.5) is 0 Å². The van der Waals surface area contributed by atoms with E-state index in [4.69, 9.17) is 0 Å². The highest BCUT2D eigenvalue weighted by molar-refractivity contribution is 5.76. The van der Waals surface area contributed by atoms with E-state index in [9.17, 15) is 4.79 Å². The van der Waals surface area contributed by atoms with E-state index in [1.165, 1.54) is 44.9 Å². The van der Waals surface area contributed by atoms with Crippen molar-refractivity contribution in [1.29, 1.82) is 0 Å². The molecule has 2 rings (SSSR count). The normalized spacial score (nSPS) is 23.6. The second-order valence-corrected chi connectivity index (χ2v) is 5.69. The van der Waals surface area contributed by atoms with Crippen molar-refractivity contribution in [2.75, 3.05) is 20.1 Å². The van der Waals surface area contributed by atoms with Crippen LogP contribution in [0.15, 0.2) is 0 Å². The smallest absolute Gasteiger partial charge is 0.222 e. The van der Waals surface area contributed by atoms with E-state index in [1.807, 2.05) is 11.9 Å². The fourth-order valence-electron chi connectivity index (χ4n) is 3.15. The lowest BCUT2D eigenvalue weighted by atomic mass is 9.91. The molecule has 0 spiro atoms. The van der Waals surface area contributed by atoms with Gasteiger partial charge in [0, 0.05) is 19.5 Å². The zero-order chi connectivity index (χ0) is 12.1. The number of amides is 1. The number of nitrogens with zero attached hydrogens (tertiary/aromatic N) is 1. The van der Waals surface area contributed by atoms with E-state index in [2.05, 4.69) is 5.32 Å². The largest absolute Gasteiger partial charge is 0.343 e. The molecule has 2 aliphatic rings. The second-order valence-electron chi connectivity index (χ2n) is 5.69. The quantitative estimate of drug-likeness (QED) is 0.817. The van der Waals surface area contributed by atoms with Crippen LogP contribution < -0.4 is 5.32 Å². The minimum Gasteiger partial charge on any atom is -0.343 e. The number of hydrogen-bond donors (Lipinski definition) is 1. The number of piperidine rings is 1. The maximum absolute atomic E-state index is 12.2. The summed E-state index contributed by atoms with van der Waals surface area (Å²) in [6.45, 7) is 2.18. The molecule has 1 heterocycles. The third kappa shape index (κ3) is 3.70. The molecule has 0 aromatic heterocycles. The van der Waals surface area contributed by atoms with Crippen LogP contribution in [0.5, 0.6) is 0 Å². The molecule has 1 aliphatic carbocycles. The first kappa shape index (κ1) is 12.9. The van der Waals surface area contributed by atoms with Gasteiger partial charge in [-0.05, 0) is 44.7 Å². The Labute approximate surface area is 105 Å². The van der Waals surface area contributed by atoms with Crippen LogP contribution in [-0.4, -0.2) is 37.0 Å². The number of rotatable bonds is 3. The second kappa shape index (κ2) is 6.39. The average Bonchev–Trinajstić information content (AvgIpc) is 2.40. The summed E-state index contributed by atoms with van der Waals surface area (Å²) in [7, 11) is 2.01. The lowest BCUT2D eigenvalue weighted by molar-refractivity contribution is -0.133. The summed E-state index contributed by atoms with van der Waals surface area (Å²) in [4.78, 5) is 14.3. The Bertz CT molecular complexity index is 243. The lowest BCUT2D eigenvalue weighted by Gasteiger charge is -2.33. The summed E-state index contributed by atoms with van der Waals surface area (Å²) in [5.41, 5.74) is 0. The number of carbonyl (C=O) groups is 1. The molecular formula is C14H26N2O. The van der Waals surface area contributed by atoms with Gasteiger partial charge in [0.05, 0.1) is 0 Å². The number of carbonyl (C=O) groups excluding carboxylic acids is 1. The molecule has 17 heavy (non-hydrogen) atoms. The Kier molecular flexibility index (Phi) is 4.84. The summed E-state index contributed by atoms with van der Waals surface area (Å²) in [5.74, 6) is 0.999. The highest BCUT2D eigenvalue weighted by Crippen LogP contribution is 2.24. The highest BCUT2D eigenvalue weighted by atomic mass is 16.2. The van der Waals surface area contributed by atoms with Crippen LogP contribution in [0.3, 0.4) is 0 Å². The predicted molar refractivity (Wildman–Crippen MR) is 69.9 cm³/mol. The molecule has 3 heteroatoms. The Morgan fingerprint density at radius 2 is 1.76 bits per heavy atom. The van der Waals surface area contributed by atoms with Crippen LogP contribution in [0.25, 0.3) is 0 Å². The van der Waals surface area contributed by atoms with E-state index in [1.54, 1.807) is 0 Å². The molecule has 0 unspecified atom stereocenters. The van der Waals surface area contributed by atoms with Gasteiger partial charge in [-0.2, -0.15) is 0 Å². The summed E-state index contributed by atoms with van der Waals surface area (Å²) in [6, 6.07) is 0.526. The average molecular weight is 238 g/mol. The first-order valence-electron chi connectivity index (χ1n) is 7.24. The molecule has 1 amide bonds. The van der Waals surface area contributed by atoms with Gasteiger partial charge >= 0.3 is 0 Å². The van der Waals surface area contributed by atoms with Crippen molar-refractivity contribution < 1.29 is 4.79 Å². The van der Waals surface area contributed by atoms with Crippen LogP contribution in [-0.2, 0) is 4.79 Å². The van der Waals surface area contributed by atoms with E-state index in [0.717, 1.165) is 19.5 Å². The molecule has 0 aromatic carbocycles. The monoisotopic (exact) mass is 238 g/mol. The predicted octanol–water partition coefficient (Wildman–Crippen LogP) is 2.17. The number of nitrogens with one attached hydrogen (secondary N) is 1. The summed E-state index contributed by atoms with van der Waals surface area (Å²) < 4.78 is 0. The third-order valence-corrected chi connectivity index (χ3v) is 4.44. The fourth-order valence-corrected chi connectivity index (χ4v) is 3.15. The van der Waals surface area contributed by atoms with E-state index < -0.39 is 0 Å². The van der Waals surface area contributed by atoms with Gasteiger partial charge in [0.15, 0.2) is 0 Å². The van der Waals surface area contributed by atoms with Gasteiger partial charge in [-0.25, -0.2) is 0 Å². The van der Waals surface area contributed by atoms with E-state index >= 15 is 0 Å². The van der Waals surface area contributed by atoms with E-state index in [-0.39, 0.29) is 0 Å².